The van der Waals surface area contributed by atoms with Crippen LogP contribution in [-0.4, -0.2) is 46.9 Å². The summed E-state index contributed by atoms with van der Waals surface area (Å²) in [6.07, 6.45) is 4.07. The number of piperidine rings is 3. The summed E-state index contributed by atoms with van der Waals surface area (Å²) in [6, 6.07) is 8.41. The number of nitrogens with one attached hydrogen (secondary N) is 2. The molecule has 2 bridgehead atoms. The van der Waals surface area contributed by atoms with E-state index in [1.807, 2.05) is 24.3 Å². The molecule has 0 aliphatic carbocycles. The van der Waals surface area contributed by atoms with Crippen LogP contribution in [0, 0.1) is 5.92 Å². The molecule has 3 unspecified atom stereocenters. The molecule has 3 saturated heterocycles. The number of anilines is 1. The minimum Gasteiger partial charge on any atom is -0.346 e. The highest BCUT2D eigenvalue weighted by Crippen LogP contribution is 2.32. The van der Waals surface area contributed by atoms with E-state index in [2.05, 4.69) is 27.4 Å². The van der Waals surface area contributed by atoms with Gasteiger partial charge in [-0.05, 0) is 49.9 Å². The lowest BCUT2D eigenvalue weighted by Crippen LogP contribution is -2.60. The van der Waals surface area contributed by atoms with Crippen molar-refractivity contribution in [2.75, 3.05) is 18.4 Å². The Labute approximate surface area is 163 Å². The van der Waals surface area contributed by atoms with Crippen LogP contribution in [0.3, 0.4) is 0 Å². The number of hydrogen-bond donors (Lipinski definition) is 2. The van der Waals surface area contributed by atoms with Crippen molar-refractivity contribution in [1.29, 1.82) is 0 Å². The van der Waals surface area contributed by atoms with Gasteiger partial charge in [-0.25, -0.2) is 4.98 Å². The molecule has 5 rings (SSSR count). The Hall–Kier alpha value is -2.25. The van der Waals surface area contributed by atoms with Gasteiger partial charge >= 0.3 is 0 Å². The van der Waals surface area contributed by atoms with Crippen molar-refractivity contribution in [2.24, 2.45) is 5.92 Å². The topological polar surface area (TPSA) is 74.3 Å². The van der Waals surface area contributed by atoms with Gasteiger partial charge in [-0.1, -0.05) is 12.1 Å². The minimum atomic E-state index is -0.0957. The van der Waals surface area contributed by atoms with Crippen LogP contribution in [-0.2, 0) is 4.79 Å². The lowest BCUT2D eigenvalue weighted by Gasteiger charge is -2.48. The fourth-order valence-corrected chi connectivity index (χ4v) is 4.95. The normalized spacial score (nSPS) is 26.6. The van der Waals surface area contributed by atoms with Crippen LogP contribution in [0.2, 0.25) is 0 Å². The Morgan fingerprint density at radius 3 is 2.67 bits per heavy atom. The number of carbonyl (C=O) groups is 2. The van der Waals surface area contributed by atoms with Gasteiger partial charge in [0.2, 0.25) is 5.91 Å². The first kappa shape index (κ1) is 18.1. The summed E-state index contributed by atoms with van der Waals surface area (Å²) in [5, 5.41) is 6.45. The largest absolute Gasteiger partial charge is 0.346 e. The lowest BCUT2D eigenvalue weighted by atomic mass is 9.80. The highest BCUT2D eigenvalue weighted by atomic mass is 32.1. The van der Waals surface area contributed by atoms with E-state index in [4.69, 9.17) is 0 Å². The SMILES string of the molecule is CC(=O)Nc1ccc(-c2cnc(C(=O)N[C@H]3CN4CCC3CC4C)s2)cc1. The predicted octanol–water partition coefficient (Wildman–Crippen LogP) is 2.98. The fourth-order valence-electron chi connectivity index (χ4n) is 4.12. The average Bonchev–Trinajstić information content (AvgIpc) is 3.13. The standard InChI is InChI=1S/C20H24N4O2S/c1-12-9-15-7-8-24(12)11-17(15)23-19(26)20-21-10-18(27-20)14-3-5-16(6-4-14)22-13(2)25/h3-6,10,12,15,17H,7-9,11H2,1-2H3,(H,22,25)(H,23,26)/t12?,15?,17-/m0/s1. The molecular formula is C20H24N4O2S. The number of amides is 2. The molecule has 2 amide bonds. The first-order valence-corrected chi connectivity index (χ1v) is 10.2. The second-order valence-corrected chi connectivity index (χ2v) is 8.53. The zero-order valence-corrected chi connectivity index (χ0v) is 16.4. The van der Waals surface area contributed by atoms with Gasteiger partial charge in [-0.3, -0.25) is 14.5 Å². The van der Waals surface area contributed by atoms with Crippen molar-refractivity contribution in [3.8, 4) is 10.4 Å². The van der Waals surface area contributed by atoms with Gasteiger partial charge in [0, 0.05) is 37.4 Å². The summed E-state index contributed by atoms with van der Waals surface area (Å²) in [5.41, 5.74) is 1.74. The van der Waals surface area contributed by atoms with E-state index in [1.165, 1.54) is 24.7 Å². The summed E-state index contributed by atoms with van der Waals surface area (Å²) in [7, 11) is 0. The van der Waals surface area contributed by atoms with Gasteiger partial charge in [0.05, 0.1) is 4.88 Å². The zero-order valence-electron chi connectivity index (χ0n) is 15.6. The van der Waals surface area contributed by atoms with Crippen molar-refractivity contribution >= 4 is 28.8 Å². The molecular weight excluding hydrogens is 360 g/mol. The van der Waals surface area contributed by atoms with E-state index in [1.54, 1.807) is 6.20 Å². The number of benzene rings is 1. The molecule has 4 heterocycles. The van der Waals surface area contributed by atoms with Crippen LogP contribution in [0.5, 0.6) is 0 Å². The molecule has 0 spiro atoms. The van der Waals surface area contributed by atoms with Crippen molar-refractivity contribution in [2.45, 2.75) is 38.8 Å². The predicted molar refractivity (Wildman–Crippen MR) is 107 cm³/mol. The number of carbonyl (C=O) groups excluding carboxylic acids is 2. The Morgan fingerprint density at radius 2 is 2.04 bits per heavy atom. The fraction of sp³-hybridized carbons (Fsp3) is 0.450. The molecule has 6 nitrogen and oxygen atoms in total. The summed E-state index contributed by atoms with van der Waals surface area (Å²) < 4.78 is 0. The molecule has 7 heteroatoms. The molecule has 0 radical (unpaired) electrons. The van der Waals surface area contributed by atoms with Gasteiger partial charge in [0.15, 0.2) is 5.01 Å². The van der Waals surface area contributed by atoms with E-state index in [9.17, 15) is 9.59 Å². The number of aromatic nitrogens is 1. The van der Waals surface area contributed by atoms with Gasteiger partial charge in [0.25, 0.3) is 5.91 Å². The van der Waals surface area contributed by atoms with E-state index < -0.39 is 0 Å². The van der Waals surface area contributed by atoms with Crippen molar-refractivity contribution in [3.05, 3.63) is 35.5 Å². The summed E-state index contributed by atoms with van der Waals surface area (Å²) in [6.45, 7) is 5.85. The minimum absolute atomic E-state index is 0.0764. The summed E-state index contributed by atoms with van der Waals surface area (Å²) in [4.78, 5) is 31.5. The first-order chi connectivity index (χ1) is 13.0. The molecule has 3 fully saturated rings. The summed E-state index contributed by atoms with van der Waals surface area (Å²) >= 11 is 1.40. The van der Waals surface area contributed by atoms with E-state index in [0.717, 1.165) is 35.6 Å². The lowest BCUT2D eigenvalue weighted by molar-refractivity contribution is -0.114. The smallest absolute Gasteiger partial charge is 0.280 e. The molecule has 4 atom stereocenters. The van der Waals surface area contributed by atoms with Crippen molar-refractivity contribution in [1.82, 2.24) is 15.2 Å². The van der Waals surface area contributed by atoms with Gasteiger partial charge in [-0.15, -0.1) is 11.3 Å². The van der Waals surface area contributed by atoms with Crippen LogP contribution in [0.4, 0.5) is 5.69 Å². The average molecular weight is 385 g/mol. The van der Waals surface area contributed by atoms with Crippen molar-refractivity contribution in [3.63, 3.8) is 0 Å². The highest BCUT2D eigenvalue weighted by Gasteiger charge is 2.39. The maximum absolute atomic E-state index is 12.7. The van der Waals surface area contributed by atoms with Crippen LogP contribution >= 0.6 is 11.3 Å². The monoisotopic (exact) mass is 384 g/mol. The molecule has 3 aliphatic rings. The van der Waals surface area contributed by atoms with Crippen LogP contribution in [0.1, 0.15) is 36.5 Å². The second kappa shape index (κ2) is 7.40. The Balaban J connectivity index is 1.41. The van der Waals surface area contributed by atoms with Crippen LogP contribution in [0.15, 0.2) is 30.5 Å². The Bertz CT molecular complexity index is 848. The van der Waals surface area contributed by atoms with Gasteiger partial charge < -0.3 is 10.6 Å². The molecule has 142 valence electrons. The molecule has 2 N–H and O–H groups in total. The first-order valence-electron chi connectivity index (χ1n) is 9.38. The molecule has 1 aromatic heterocycles. The van der Waals surface area contributed by atoms with Crippen LogP contribution < -0.4 is 10.6 Å². The third-order valence-electron chi connectivity index (χ3n) is 5.56. The maximum Gasteiger partial charge on any atom is 0.280 e. The highest BCUT2D eigenvalue weighted by molar-refractivity contribution is 7.16. The Kier molecular flexibility index (Phi) is 4.97. The van der Waals surface area contributed by atoms with Crippen molar-refractivity contribution < 1.29 is 9.59 Å². The number of nitrogens with zero attached hydrogens (tertiary/aromatic N) is 2. The van der Waals surface area contributed by atoms with Gasteiger partial charge in [0.1, 0.15) is 0 Å². The van der Waals surface area contributed by atoms with Gasteiger partial charge in [-0.2, -0.15) is 0 Å². The van der Waals surface area contributed by atoms with E-state index in [0.29, 0.717) is 17.0 Å². The number of hydrogen-bond acceptors (Lipinski definition) is 5. The zero-order chi connectivity index (χ0) is 19.0. The van der Waals surface area contributed by atoms with Crippen LogP contribution in [0.25, 0.3) is 10.4 Å². The maximum atomic E-state index is 12.7. The number of fused-ring (bicyclic) bond motifs is 3. The quantitative estimate of drug-likeness (QED) is 0.850. The second-order valence-electron chi connectivity index (χ2n) is 7.50. The molecule has 0 saturated carbocycles. The number of rotatable bonds is 4. The molecule has 1 aromatic carbocycles. The van der Waals surface area contributed by atoms with E-state index in [-0.39, 0.29) is 17.9 Å². The number of thiazole rings is 1. The molecule has 27 heavy (non-hydrogen) atoms. The van der Waals surface area contributed by atoms with E-state index >= 15 is 0 Å². The summed E-state index contributed by atoms with van der Waals surface area (Å²) in [5.74, 6) is 0.406. The third kappa shape index (κ3) is 3.89. The molecule has 3 aliphatic heterocycles. The Morgan fingerprint density at radius 1 is 1.26 bits per heavy atom. The third-order valence-corrected chi connectivity index (χ3v) is 6.61. The molecule has 2 aromatic rings.